The molecule has 2 aromatic heterocycles. The largest absolute Gasteiger partial charge is 0.462 e. The molecule has 2 N–H and O–H groups in total. The maximum absolute atomic E-state index is 14.2. The topological polar surface area (TPSA) is 82.6 Å². The van der Waals surface area contributed by atoms with Crippen LogP contribution in [0.2, 0.25) is 0 Å². The van der Waals surface area contributed by atoms with E-state index in [4.69, 9.17) is 15.2 Å². The number of benzene rings is 1. The zero-order chi connectivity index (χ0) is 18.6. The fourth-order valence-corrected chi connectivity index (χ4v) is 3.80. The van der Waals surface area contributed by atoms with Crippen LogP contribution in [0, 0.1) is 5.95 Å². The average Bonchev–Trinajstić information content (AvgIpc) is 3.06. The summed E-state index contributed by atoms with van der Waals surface area (Å²) in [5.41, 5.74) is 7.46. The molecule has 134 valence electrons. The molecule has 0 bridgehead atoms. The van der Waals surface area contributed by atoms with Crippen LogP contribution < -0.4 is 10.5 Å². The van der Waals surface area contributed by atoms with E-state index in [2.05, 4.69) is 30.9 Å². The molecule has 0 radical (unpaired) electrons. The maximum atomic E-state index is 14.2. The summed E-state index contributed by atoms with van der Waals surface area (Å²) in [6, 6.07) is 10.7. The Morgan fingerprint density at radius 3 is 2.81 bits per heavy atom. The second-order valence-electron chi connectivity index (χ2n) is 6.26. The summed E-state index contributed by atoms with van der Waals surface area (Å²) in [7, 11) is 0. The highest BCUT2D eigenvalue weighted by atomic mass is 79.9. The number of pyridine rings is 2. The number of nitrogens with two attached hydrogens (primary N) is 1. The Bertz CT molecular complexity index is 1120. The molecule has 1 aromatic carbocycles. The molecule has 27 heavy (non-hydrogen) atoms. The molecule has 3 aromatic rings. The second-order valence-corrected chi connectivity index (χ2v) is 7.18. The number of nitrogens with zero attached hydrogens (tertiary/aromatic N) is 3. The summed E-state index contributed by atoms with van der Waals surface area (Å²) in [6.45, 7) is 0.208. The zero-order valence-electron chi connectivity index (χ0n) is 13.8. The van der Waals surface area contributed by atoms with Gasteiger partial charge in [-0.2, -0.15) is 4.39 Å². The van der Waals surface area contributed by atoms with E-state index < -0.39 is 11.5 Å². The minimum Gasteiger partial charge on any atom is -0.462 e. The minimum absolute atomic E-state index is 0.0896. The quantitative estimate of drug-likeness (QED) is 0.599. The van der Waals surface area contributed by atoms with E-state index in [1.54, 1.807) is 30.5 Å². The molecule has 6 nitrogen and oxygen atoms in total. The third-order valence-electron chi connectivity index (χ3n) is 4.70. The molecule has 0 fully saturated rings. The van der Waals surface area contributed by atoms with E-state index in [-0.39, 0.29) is 12.6 Å². The zero-order valence-corrected chi connectivity index (χ0v) is 15.4. The van der Waals surface area contributed by atoms with Gasteiger partial charge in [0.2, 0.25) is 11.8 Å². The van der Waals surface area contributed by atoms with Gasteiger partial charge < -0.3 is 15.2 Å². The van der Waals surface area contributed by atoms with Gasteiger partial charge in [0.25, 0.3) is 6.02 Å². The van der Waals surface area contributed by atoms with Crippen molar-refractivity contribution in [3.8, 4) is 22.8 Å². The van der Waals surface area contributed by atoms with Gasteiger partial charge in [0.15, 0.2) is 5.54 Å². The lowest BCUT2D eigenvalue weighted by Gasteiger charge is -2.33. The summed E-state index contributed by atoms with van der Waals surface area (Å²) in [5.74, 6) is 0.471. The van der Waals surface area contributed by atoms with Crippen LogP contribution >= 0.6 is 15.9 Å². The van der Waals surface area contributed by atoms with Crippen molar-refractivity contribution < 1.29 is 13.9 Å². The number of amidine groups is 1. The van der Waals surface area contributed by atoms with Crippen molar-refractivity contribution in [3.63, 3.8) is 0 Å². The van der Waals surface area contributed by atoms with E-state index >= 15 is 0 Å². The summed E-state index contributed by atoms with van der Waals surface area (Å²) in [5, 5.41) is 0. The van der Waals surface area contributed by atoms with Gasteiger partial charge in [-0.1, -0.05) is 6.07 Å². The van der Waals surface area contributed by atoms with Crippen molar-refractivity contribution in [1.82, 2.24) is 9.97 Å². The number of fused-ring (bicyclic) bond motifs is 4. The van der Waals surface area contributed by atoms with Crippen molar-refractivity contribution >= 4 is 22.0 Å². The predicted octanol–water partition coefficient (Wildman–Crippen LogP) is 3.74. The SMILES string of the molecule is NC1=NC2(CO1)c1cc(-c3cccnc3F)ccc1Oc1ncc(Br)cc12. The number of aromatic nitrogens is 2. The van der Waals surface area contributed by atoms with E-state index in [0.717, 1.165) is 15.6 Å². The molecule has 5 rings (SSSR count). The lowest BCUT2D eigenvalue weighted by Crippen LogP contribution is -2.31. The van der Waals surface area contributed by atoms with Gasteiger partial charge >= 0.3 is 0 Å². The highest BCUT2D eigenvalue weighted by molar-refractivity contribution is 9.10. The Balaban J connectivity index is 1.76. The van der Waals surface area contributed by atoms with Gasteiger partial charge in [-0.05, 0) is 51.8 Å². The van der Waals surface area contributed by atoms with Crippen LogP contribution in [0.25, 0.3) is 11.1 Å². The van der Waals surface area contributed by atoms with Crippen molar-refractivity contribution in [1.29, 1.82) is 0 Å². The predicted molar refractivity (Wildman–Crippen MR) is 100.0 cm³/mol. The third-order valence-corrected chi connectivity index (χ3v) is 5.13. The van der Waals surface area contributed by atoms with Crippen molar-refractivity contribution in [2.75, 3.05) is 6.61 Å². The number of rotatable bonds is 1. The standard InChI is InChI=1S/C19H12BrFN4O2/c20-11-7-14-17(24-8-11)27-15-4-3-10(12-2-1-5-23-16(12)21)6-13(15)19(14)9-26-18(22)25-19/h1-8H,9H2,(H2,22,25). The molecule has 2 aliphatic rings. The van der Waals surface area contributed by atoms with Crippen LogP contribution in [-0.2, 0) is 10.3 Å². The fourth-order valence-electron chi connectivity index (χ4n) is 3.47. The first-order valence-electron chi connectivity index (χ1n) is 8.14. The number of halogens is 2. The monoisotopic (exact) mass is 426 g/mol. The molecule has 1 atom stereocenters. The third kappa shape index (κ3) is 2.40. The average molecular weight is 427 g/mol. The van der Waals surface area contributed by atoms with E-state index in [1.807, 2.05) is 12.1 Å². The van der Waals surface area contributed by atoms with Gasteiger partial charge in [0.05, 0.1) is 5.56 Å². The molecule has 8 heteroatoms. The van der Waals surface area contributed by atoms with Gasteiger partial charge in [0, 0.05) is 28.0 Å². The number of hydrogen-bond acceptors (Lipinski definition) is 6. The lowest BCUT2D eigenvalue weighted by atomic mass is 9.81. The Morgan fingerprint density at radius 2 is 2.04 bits per heavy atom. The van der Waals surface area contributed by atoms with Crippen LogP contribution in [-0.4, -0.2) is 22.6 Å². The highest BCUT2D eigenvalue weighted by Gasteiger charge is 2.47. The molecule has 0 saturated carbocycles. The van der Waals surface area contributed by atoms with E-state index in [1.165, 1.54) is 6.20 Å². The molecule has 0 aliphatic carbocycles. The molecular weight excluding hydrogens is 415 g/mol. The molecule has 0 saturated heterocycles. The van der Waals surface area contributed by atoms with E-state index in [0.29, 0.717) is 22.8 Å². The smallest absolute Gasteiger partial charge is 0.283 e. The number of ether oxygens (including phenoxy) is 2. The Hall–Kier alpha value is -3.00. The first-order chi connectivity index (χ1) is 13.1. The van der Waals surface area contributed by atoms with Crippen LogP contribution in [0.15, 0.2) is 58.3 Å². The number of aliphatic imine (C=N–C) groups is 1. The summed E-state index contributed by atoms with van der Waals surface area (Å²) in [4.78, 5) is 12.7. The molecular formula is C19H12BrFN4O2. The van der Waals surface area contributed by atoms with Crippen LogP contribution in [0.3, 0.4) is 0 Å². The minimum atomic E-state index is -0.904. The van der Waals surface area contributed by atoms with Crippen molar-refractivity contribution in [2.45, 2.75) is 5.54 Å². The van der Waals surface area contributed by atoms with Gasteiger partial charge in [-0.25, -0.2) is 15.0 Å². The Morgan fingerprint density at radius 1 is 1.15 bits per heavy atom. The first kappa shape index (κ1) is 16.2. The van der Waals surface area contributed by atoms with Gasteiger partial charge in [-0.15, -0.1) is 0 Å². The van der Waals surface area contributed by atoms with Gasteiger partial charge in [-0.3, -0.25) is 0 Å². The molecule has 1 spiro atoms. The molecule has 1 unspecified atom stereocenters. The van der Waals surface area contributed by atoms with Gasteiger partial charge in [0.1, 0.15) is 12.4 Å². The van der Waals surface area contributed by atoms with Crippen molar-refractivity contribution in [2.24, 2.45) is 10.7 Å². The second kappa shape index (κ2) is 5.75. The summed E-state index contributed by atoms with van der Waals surface area (Å²) < 4.78 is 26.5. The first-order valence-corrected chi connectivity index (χ1v) is 8.93. The van der Waals surface area contributed by atoms with Crippen LogP contribution in [0.5, 0.6) is 11.6 Å². The van der Waals surface area contributed by atoms with Crippen molar-refractivity contribution in [3.05, 3.63) is 70.3 Å². The summed E-state index contributed by atoms with van der Waals surface area (Å²) in [6.07, 6.45) is 3.07. The normalized spacial score (nSPS) is 19.7. The highest BCUT2D eigenvalue weighted by Crippen LogP contribution is 2.51. The molecule has 0 amide bonds. The number of hydrogen-bond donors (Lipinski definition) is 1. The Kier molecular flexibility index (Phi) is 3.45. The molecule has 2 aliphatic heterocycles. The maximum Gasteiger partial charge on any atom is 0.283 e. The van der Waals surface area contributed by atoms with E-state index in [9.17, 15) is 4.39 Å². The Labute approximate surface area is 162 Å². The summed E-state index contributed by atoms with van der Waals surface area (Å²) >= 11 is 3.44. The molecule has 4 heterocycles. The van der Waals surface area contributed by atoms with Crippen LogP contribution in [0.1, 0.15) is 11.1 Å². The van der Waals surface area contributed by atoms with Crippen LogP contribution in [0.4, 0.5) is 4.39 Å². The lowest BCUT2D eigenvalue weighted by molar-refractivity contribution is 0.262. The fraction of sp³-hybridized carbons (Fsp3) is 0.105.